The summed E-state index contributed by atoms with van der Waals surface area (Å²) >= 11 is 0. The van der Waals surface area contributed by atoms with Crippen molar-refractivity contribution in [1.82, 2.24) is 4.90 Å². The largest absolute Gasteiger partial charge is 0.390 e. The van der Waals surface area contributed by atoms with Crippen LogP contribution < -0.4 is 0 Å². The molecule has 1 saturated heterocycles. The Morgan fingerprint density at radius 2 is 1.80 bits per heavy atom. The number of sulfone groups is 1. The molecule has 1 rings (SSSR count). The second-order valence-electron chi connectivity index (χ2n) is 4.86. The minimum Gasteiger partial charge on any atom is -0.390 e. The second kappa shape index (κ2) is 4.39. The summed E-state index contributed by atoms with van der Waals surface area (Å²) in [5.74, 6) is 0.444. The summed E-state index contributed by atoms with van der Waals surface area (Å²) in [6.07, 6.45) is -0.735. The van der Waals surface area contributed by atoms with Crippen LogP contribution in [-0.4, -0.2) is 55.2 Å². The zero-order chi connectivity index (χ0) is 11.8. The van der Waals surface area contributed by atoms with E-state index in [0.29, 0.717) is 5.92 Å². The highest BCUT2D eigenvalue weighted by molar-refractivity contribution is 7.91. The number of hydrogen-bond acceptors (Lipinski definition) is 4. The number of aliphatic hydroxyl groups is 1. The molecule has 4 nitrogen and oxygen atoms in total. The molecule has 0 radical (unpaired) electrons. The van der Waals surface area contributed by atoms with E-state index in [2.05, 4.69) is 20.8 Å². The van der Waals surface area contributed by atoms with Crippen molar-refractivity contribution in [3.05, 3.63) is 0 Å². The summed E-state index contributed by atoms with van der Waals surface area (Å²) in [4.78, 5) is 1.99. The zero-order valence-corrected chi connectivity index (χ0v) is 10.7. The molecule has 1 N–H and O–H groups in total. The van der Waals surface area contributed by atoms with E-state index in [1.54, 1.807) is 0 Å². The maximum atomic E-state index is 11.4. The van der Waals surface area contributed by atoms with Crippen molar-refractivity contribution in [1.29, 1.82) is 0 Å². The molecule has 5 heteroatoms. The molecule has 0 aromatic rings. The highest BCUT2D eigenvalue weighted by Gasteiger charge is 2.40. The molecule has 1 fully saturated rings. The monoisotopic (exact) mass is 235 g/mol. The standard InChI is InChI=1S/C10H21NO3S/c1-7(2)8(3)11(4)9-5-15(13,14)6-10(9)12/h7-10,12H,5-6H2,1-4H3. The van der Waals surface area contributed by atoms with Gasteiger partial charge in [0.1, 0.15) is 0 Å². The van der Waals surface area contributed by atoms with E-state index in [0.717, 1.165) is 0 Å². The Kier molecular flexibility index (Phi) is 3.79. The van der Waals surface area contributed by atoms with Crippen molar-refractivity contribution in [2.24, 2.45) is 5.92 Å². The quantitative estimate of drug-likeness (QED) is 0.755. The molecule has 0 aromatic carbocycles. The maximum Gasteiger partial charge on any atom is 0.154 e. The van der Waals surface area contributed by atoms with Crippen molar-refractivity contribution in [2.45, 2.75) is 39.0 Å². The molecule has 15 heavy (non-hydrogen) atoms. The van der Waals surface area contributed by atoms with Gasteiger partial charge in [0.15, 0.2) is 9.84 Å². The van der Waals surface area contributed by atoms with E-state index in [1.807, 2.05) is 11.9 Å². The molecule has 1 aliphatic heterocycles. The van der Waals surface area contributed by atoms with E-state index in [4.69, 9.17) is 0 Å². The van der Waals surface area contributed by atoms with Crippen molar-refractivity contribution in [3.63, 3.8) is 0 Å². The van der Waals surface area contributed by atoms with Crippen LogP contribution in [0.2, 0.25) is 0 Å². The van der Waals surface area contributed by atoms with Gasteiger partial charge in [-0.2, -0.15) is 0 Å². The minimum absolute atomic E-state index is 0.0850. The number of nitrogens with zero attached hydrogens (tertiary/aromatic N) is 1. The molecular formula is C10H21NO3S. The van der Waals surface area contributed by atoms with Gasteiger partial charge in [-0.15, -0.1) is 0 Å². The van der Waals surface area contributed by atoms with Gasteiger partial charge in [0.05, 0.1) is 23.7 Å². The first kappa shape index (κ1) is 12.9. The van der Waals surface area contributed by atoms with Crippen LogP contribution >= 0.6 is 0 Å². The van der Waals surface area contributed by atoms with Gasteiger partial charge in [-0.05, 0) is 19.9 Å². The Labute approximate surface area is 92.2 Å². The summed E-state index contributed by atoms with van der Waals surface area (Å²) in [6.45, 7) is 6.25. The molecule has 0 spiro atoms. The topological polar surface area (TPSA) is 57.6 Å². The second-order valence-corrected chi connectivity index (χ2v) is 7.02. The Balaban J connectivity index is 2.73. The first-order valence-corrected chi connectivity index (χ1v) is 7.17. The van der Waals surface area contributed by atoms with Gasteiger partial charge < -0.3 is 5.11 Å². The van der Waals surface area contributed by atoms with Gasteiger partial charge in [0.25, 0.3) is 0 Å². The highest BCUT2D eigenvalue weighted by atomic mass is 32.2. The fraction of sp³-hybridized carbons (Fsp3) is 1.00. The Morgan fingerprint density at radius 1 is 1.27 bits per heavy atom. The molecule has 0 aliphatic carbocycles. The molecule has 0 aromatic heterocycles. The fourth-order valence-corrected chi connectivity index (χ4v) is 3.83. The van der Waals surface area contributed by atoms with Gasteiger partial charge >= 0.3 is 0 Å². The normalized spacial score (nSPS) is 32.5. The van der Waals surface area contributed by atoms with Crippen LogP contribution in [0.4, 0.5) is 0 Å². The predicted octanol–water partition coefficient (Wildman–Crippen LogP) is 0.121. The minimum atomic E-state index is -3.04. The molecule has 3 atom stereocenters. The van der Waals surface area contributed by atoms with Gasteiger partial charge in [0, 0.05) is 6.04 Å². The predicted molar refractivity (Wildman–Crippen MR) is 60.5 cm³/mol. The number of hydrogen-bond donors (Lipinski definition) is 1. The third kappa shape index (κ3) is 2.92. The van der Waals surface area contributed by atoms with Crippen molar-refractivity contribution in [2.75, 3.05) is 18.6 Å². The van der Waals surface area contributed by atoms with Gasteiger partial charge in [0.2, 0.25) is 0 Å². The van der Waals surface area contributed by atoms with Crippen LogP contribution in [0.5, 0.6) is 0 Å². The maximum absolute atomic E-state index is 11.4. The van der Waals surface area contributed by atoms with Crippen LogP contribution in [0.15, 0.2) is 0 Å². The van der Waals surface area contributed by atoms with E-state index >= 15 is 0 Å². The Bertz CT molecular complexity index is 313. The summed E-state index contributed by atoms with van der Waals surface area (Å²) < 4.78 is 22.7. The third-order valence-corrected chi connectivity index (χ3v) is 5.12. The lowest BCUT2D eigenvalue weighted by Gasteiger charge is -2.33. The third-order valence-electron chi connectivity index (χ3n) is 3.42. The molecule has 1 aliphatic rings. The summed E-state index contributed by atoms with van der Waals surface area (Å²) in [5, 5.41) is 9.70. The number of rotatable bonds is 3. The van der Waals surface area contributed by atoms with E-state index in [-0.39, 0.29) is 23.6 Å². The smallest absolute Gasteiger partial charge is 0.154 e. The lowest BCUT2D eigenvalue weighted by Crippen LogP contribution is -2.47. The van der Waals surface area contributed by atoms with E-state index in [9.17, 15) is 13.5 Å². The number of likely N-dealkylation sites (N-methyl/N-ethyl adjacent to an activating group) is 1. The molecule has 0 amide bonds. The molecular weight excluding hydrogens is 214 g/mol. The lowest BCUT2D eigenvalue weighted by atomic mass is 10.0. The van der Waals surface area contributed by atoms with Crippen LogP contribution in [0.25, 0.3) is 0 Å². The summed E-state index contributed by atoms with van der Waals surface area (Å²) in [7, 11) is -1.15. The van der Waals surface area contributed by atoms with Crippen LogP contribution in [0.1, 0.15) is 20.8 Å². The van der Waals surface area contributed by atoms with Crippen molar-refractivity contribution in [3.8, 4) is 0 Å². The lowest BCUT2D eigenvalue weighted by molar-refractivity contribution is 0.0645. The highest BCUT2D eigenvalue weighted by Crippen LogP contribution is 2.21. The van der Waals surface area contributed by atoms with E-state index in [1.165, 1.54) is 0 Å². The Morgan fingerprint density at radius 3 is 2.13 bits per heavy atom. The average Bonchev–Trinajstić information content (AvgIpc) is 2.37. The summed E-state index contributed by atoms with van der Waals surface area (Å²) in [5.41, 5.74) is 0. The molecule has 90 valence electrons. The Hall–Kier alpha value is -0.130. The van der Waals surface area contributed by atoms with E-state index < -0.39 is 15.9 Å². The fourth-order valence-electron chi connectivity index (χ4n) is 1.97. The van der Waals surface area contributed by atoms with Gasteiger partial charge in [-0.3, -0.25) is 4.90 Å². The number of aliphatic hydroxyl groups excluding tert-OH is 1. The SMILES string of the molecule is CC(C)C(C)N(C)C1CS(=O)(=O)CC1O. The van der Waals surface area contributed by atoms with Crippen LogP contribution in [0, 0.1) is 5.92 Å². The average molecular weight is 235 g/mol. The van der Waals surface area contributed by atoms with Gasteiger partial charge in [-0.25, -0.2) is 8.42 Å². The van der Waals surface area contributed by atoms with Gasteiger partial charge in [-0.1, -0.05) is 13.8 Å². The first-order valence-electron chi connectivity index (χ1n) is 5.35. The van der Waals surface area contributed by atoms with Crippen LogP contribution in [-0.2, 0) is 9.84 Å². The molecule has 1 heterocycles. The zero-order valence-electron chi connectivity index (χ0n) is 9.84. The molecule has 0 bridgehead atoms. The summed E-state index contributed by atoms with van der Waals surface area (Å²) in [6, 6.07) is 0.0327. The molecule has 3 unspecified atom stereocenters. The van der Waals surface area contributed by atoms with Crippen LogP contribution in [0.3, 0.4) is 0 Å². The van der Waals surface area contributed by atoms with Crippen molar-refractivity contribution < 1.29 is 13.5 Å². The molecule has 0 saturated carbocycles. The van der Waals surface area contributed by atoms with Crippen molar-refractivity contribution >= 4 is 9.84 Å². The first-order chi connectivity index (χ1) is 6.74.